The van der Waals surface area contributed by atoms with Gasteiger partial charge in [-0.3, -0.25) is 14.6 Å². The van der Waals surface area contributed by atoms with E-state index in [2.05, 4.69) is 27.2 Å². The van der Waals surface area contributed by atoms with Crippen molar-refractivity contribution in [1.82, 2.24) is 14.6 Å². The summed E-state index contributed by atoms with van der Waals surface area (Å²) in [5.74, 6) is -1.73. The summed E-state index contributed by atoms with van der Waals surface area (Å²) in [7, 11) is -4.10. The molecule has 0 unspecified atom stereocenters. The molecular weight excluding hydrogens is 695 g/mol. The van der Waals surface area contributed by atoms with Crippen LogP contribution in [0.5, 0.6) is 5.75 Å². The highest BCUT2D eigenvalue weighted by atomic mass is 32.2. The Labute approximate surface area is 310 Å². The maximum atomic E-state index is 13.5. The normalized spacial score (nSPS) is 14.5. The van der Waals surface area contributed by atoms with E-state index in [0.717, 1.165) is 40.8 Å². The monoisotopic (exact) mass is 741 g/mol. The van der Waals surface area contributed by atoms with Gasteiger partial charge in [0.2, 0.25) is 5.96 Å². The Balaban J connectivity index is 1.18. The average molecular weight is 742 g/mol. The molecular formula is C40H47N5O7S. The van der Waals surface area contributed by atoms with Gasteiger partial charge in [-0.15, -0.1) is 0 Å². The molecule has 1 amide bonds. The van der Waals surface area contributed by atoms with Gasteiger partial charge in [0.15, 0.2) is 0 Å². The summed E-state index contributed by atoms with van der Waals surface area (Å²) in [6.07, 6.45) is 3.89. The van der Waals surface area contributed by atoms with Crippen LogP contribution in [-0.4, -0.2) is 54.1 Å². The van der Waals surface area contributed by atoms with Gasteiger partial charge in [-0.05, 0) is 118 Å². The summed E-state index contributed by atoms with van der Waals surface area (Å²) in [5.41, 5.74) is 10.8. The maximum Gasteiger partial charge on any atom is 0.326 e. The molecule has 5 N–H and O–H groups in total. The van der Waals surface area contributed by atoms with Crippen LogP contribution >= 0.6 is 0 Å². The van der Waals surface area contributed by atoms with Gasteiger partial charge in [0.25, 0.3) is 21.5 Å². The van der Waals surface area contributed by atoms with Crippen molar-refractivity contribution in [3.8, 4) is 5.75 Å². The first kappa shape index (κ1) is 38.8. The average Bonchev–Trinajstić information content (AvgIpc) is 3.10. The number of nitrogens with one attached hydrogen (secondary N) is 2. The van der Waals surface area contributed by atoms with Crippen LogP contribution in [-0.2, 0) is 34.2 Å². The molecule has 0 fully saturated rings. The molecule has 4 aromatic rings. The first-order valence-corrected chi connectivity index (χ1v) is 19.0. The first-order chi connectivity index (χ1) is 25.1. The van der Waals surface area contributed by atoms with E-state index in [1.165, 1.54) is 16.2 Å². The third kappa shape index (κ3) is 9.33. The highest BCUT2D eigenvalue weighted by Gasteiger charge is 2.33. The molecule has 3 aromatic carbocycles. The zero-order chi connectivity index (χ0) is 38.5. The number of aliphatic carboxylic acids is 1. The van der Waals surface area contributed by atoms with Crippen molar-refractivity contribution in [2.45, 2.75) is 89.8 Å². The van der Waals surface area contributed by atoms with Crippen LogP contribution in [0.3, 0.4) is 0 Å². The number of carbonyl (C=O) groups is 2. The van der Waals surface area contributed by atoms with Crippen LogP contribution in [0.2, 0.25) is 0 Å². The number of carbonyl (C=O) groups excluding carboxylic acids is 1. The molecule has 5 rings (SSSR count). The predicted octanol–water partition coefficient (Wildman–Crippen LogP) is 4.77. The number of ether oxygens (including phenoxy) is 1. The van der Waals surface area contributed by atoms with Crippen molar-refractivity contribution in [2.24, 2.45) is 10.7 Å². The summed E-state index contributed by atoms with van der Waals surface area (Å²) < 4.78 is 37.0. The number of benzene rings is 3. The summed E-state index contributed by atoms with van der Waals surface area (Å²) in [4.78, 5) is 42.6. The van der Waals surface area contributed by atoms with Gasteiger partial charge in [-0.2, -0.15) is 0 Å². The number of carboxylic acid groups (broad SMARTS) is 1. The number of nitrogens with zero attached hydrogens (tertiary/aromatic N) is 2. The summed E-state index contributed by atoms with van der Waals surface area (Å²) in [5, 5.41) is 12.3. The van der Waals surface area contributed by atoms with E-state index in [4.69, 9.17) is 10.5 Å². The highest BCUT2D eigenvalue weighted by Crippen LogP contribution is 2.42. The number of carboxylic acids is 1. The quantitative estimate of drug-likeness (QED) is 0.0859. The minimum Gasteiger partial charge on any atom is -0.487 e. The molecule has 0 bridgehead atoms. The molecule has 2 heterocycles. The summed E-state index contributed by atoms with van der Waals surface area (Å²) >= 11 is 0. The molecule has 0 aliphatic carbocycles. The lowest BCUT2D eigenvalue weighted by molar-refractivity contribution is -0.139. The zero-order valence-electron chi connectivity index (χ0n) is 30.7. The van der Waals surface area contributed by atoms with Gasteiger partial charge < -0.3 is 25.5 Å². The lowest BCUT2D eigenvalue weighted by Gasteiger charge is -2.35. The molecule has 280 valence electrons. The van der Waals surface area contributed by atoms with Crippen molar-refractivity contribution >= 4 is 27.9 Å². The number of amides is 1. The molecule has 1 aromatic heterocycles. The van der Waals surface area contributed by atoms with Crippen molar-refractivity contribution < 1.29 is 27.9 Å². The lowest BCUT2D eigenvalue weighted by Crippen LogP contribution is -2.43. The summed E-state index contributed by atoms with van der Waals surface area (Å²) in [6.45, 7) is 9.55. The molecule has 0 spiro atoms. The molecule has 1 aliphatic rings. The van der Waals surface area contributed by atoms with E-state index in [1.54, 1.807) is 26.1 Å². The van der Waals surface area contributed by atoms with Crippen molar-refractivity contribution in [2.75, 3.05) is 6.54 Å². The number of aromatic nitrogens is 1. The predicted molar refractivity (Wildman–Crippen MR) is 204 cm³/mol. The Morgan fingerprint density at radius 1 is 0.962 bits per heavy atom. The third-order valence-corrected chi connectivity index (χ3v) is 11.2. The zero-order valence-corrected chi connectivity index (χ0v) is 31.5. The Morgan fingerprint density at radius 2 is 1.62 bits per heavy atom. The number of rotatable bonds is 13. The molecule has 0 saturated heterocycles. The van der Waals surface area contributed by atoms with Crippen LogP contribution < -0.4 is 26.1 Å². The van der Waals surface area contributed by atoms with Gasteiger partial charge >= 0.3 is 5.97 Å². The van der Waals surface area contributed by atoms with E-state index in [1.807, 2.05) is 63.2 Å². The smallest absolute Gasteiger partial charge is 0.326 e. The standard InChI is InChI=1S/C40H47N5O7S/c1-25-26(2)35(27(3)31-19-20-40(4,5)52-34(25)31)53(50,51)44-39(41)42-21-9-14-33(38(48)49)43-36(46)32-13-10-22-45(37(32)47)24-30-17-15-29(16-18-30)23-28-11-7-6-8-12-28/h6-8,10-13,15-18,22,33H,9,14,19-21,23-24H2,1-5H3,(H,43,46)(H,48,49)(H3,41,42,44)/t33-/m0/s1. The Bertz CT molecular complexity index is 2200. The fraction of sp³-hybridized carbons (Fsp3) is 0.350. The molecule has 53 heavy (non-hydrogen) atoms. The lowest BCUT2D eigenvalue weighted by atomic mass is 9.88. The van der Waals surface area contributed by atoms with Gasteiger partial charge in [0.1, 0.15) is 23.0 Å². The molecule has 12 nitrogen and oxygen atoms in total. The van der Waals surface area contributed by atoms with E-state index < -0.39 is 33.5 Å². The second kappa shape index (κ2) is 16.1. The fourth-order valence-electron chi connectivity index (χ4n) is 6.59. The first-order valence-electron chi connectivity index (χ1n) is 17.6. The Morgan fingerprint density at radius 3 is 2.30 bits per heavy atom. The Hall–Kier alpha value is -5.43. The minimum atomic E-state index is -4.10. The van der Waals surface area contributed by atoms with E-state index in [-0.39, 0.29) is 48.0 Å². The number of guanidine groups is 1. The minimum absolute atomic E-state index is 0.0135. The highest BCUT2D eigenvalue weighted by molar-refractivity contribution is 7.90. The number of pyridine rings is 1. The van der Waals surface area contributed by atoms with Gasteiger partial charge in [-0.25, -0.2) is 17.9 Å². The van der Waals surface area contributed by atoms with Crippen LogP contribution in [0.25, 0.3) is 0 Å². The molecule has 0 saturated carbocycles. The van der Waals surface area contributed by atoms with Gasteiger partial charge in [0.05, 0.1) is 11.4 Å². The molecule has 1 aliphatic heterocycles. The van der Waals surface area contributed by atoms with Gasteiger partial charge in [-0.1, -0.05) is 54.6 Å². The molecule has 0 radical (unpaired) electrons. The van der Waals surface area contributed by atoms with E-state index >= 15 is 0 Å². The number of sulfonamides is 1. The van der Waals surface area contributed by atoms with Crippen LogP contribution in [0.15, 0.2) is 87.6 Å². The van der Waals surface area contributed by atoms with Crippen molar-refractivity contribution in [1.29, 1.82) is 0 Å². The number of hydrogen-bond donors (Lipinski definition) is 4. The second-order valence-corrected chi connectivity index (χ2v) is 15.7. The van der Waals surface area contributed by atoms with Gasteiger partial charge in [0, 0.05) is 12.7 Å². The van der Waals surface area contributed by atoms with Crippen molar-refractivity contribution in [3.05, 3.63) is 128 Å². The maximum absolute atomic E-state index is 13.5. The van der Waals surface area contributed by atoms with Crippen LogP contribution in [0, 0.1) is 20.8 Å². The topological polar surface area (TPSA) is 182 Å². The number of aliphatic imine (C=N–C) groups is 1. The SMILES string of the molecule is Cc1c(C)c(S(=O)(=O)NC(N)=NCCC[C@H](NC(=O)c2cccn(Cc3ccc(Cc4ccccc4)cc3)c2=O)C(=O)O)c(C)c2c1OC(C)(C)CC2. The Kier molecular flexibility index (Phi) is 11.8. The largest absolute Gasteiger partial charge is 0.487 e. The van der Waals surface area contributed by atoms with E-state index in [0.29, 0.717) is 17.5 Å². The fourth-order valence-corrected chi connectivity index (χ4v) is 8.11. The number of nitrogens with two attached hydrogens (primary N) is 1. The third-order valence-electron chi connectivity index (χ3n) is 9.60. The number of fused-ring (bicyclic) bond motifs is 1. The summed E-state index contributed by atoms with van der Waals surface area (Å²) in [6, 6.07) is 19.6. The molecule has 13 heteroatoms. The molecule has 1 atom stereocenters. The van der Waals surface area contributed by atoms with Crippen LogP contribution in [0.4, 0.5) is 0 Å². The number of hydrogen-bond acceptors (Lipinski definition) is 7. The van der Waals surface area contributed by atoms with E-state index in [9.17, 15) is 27.9 Å². The van der Waals surface area contributed by atoms with Crippen molar-refractivity contribution in [3.63, 3.8) is 0 Å². The second-order valence-electron chi connectivity index (χ2n) is 14.1. The van der Waals surface area contributed by atoms with Crippen LogP contribution in [0.1, 0.15) is 82.4 Å².